The average molecular weight is 522 g/mol. The van der Waals surface area contributed by atoms with E-state index < -0.39 is 48.5 Å². The molecule has 2 aliphatic rings. The molecule has 3 heterocycles. The van der Waals surface area contributed by atoms with Gasteiger partial charge in [0.15, 0.2) is 0 Å². The molecule has 0 bridgehead atoms. The minimum atomic E-state index is -3.32. The van der Waals surface area contributed by atoms with Crippen LogP contribution in [0.3, 0.4) is 0 Å². The molecule has 2 atom stereocenters. The summed E-state index contributed by atoms with van der Waals surface area (Å²) in [6, 6.07) is 5.37. The van der Waals surface area contributed by atoms with Gasteiger partial charge in [0.1, 0.15) is 24.1 Å². The molecule has 1 saturated heterocycles. The number of nitrogens with zero attached hydrogens (tertiary/aromatic N) is 5. The summed E-state index contributed by atoms with van der Waals surface area (Å²) in [5.74, 6) is -5.82. The van der Waals surface area contributed by atoms with E-state index in [4.69, 9.17) is 14.6 Å². The zero-order valence-corrected chi connectivity index (χ0v) is 20.0. The van der Waals surface area contributed by atoms with Gasteiger partial charge in [-0.15, -0.1) is 4.80 Å². The molecule has 0 radical (unpaired) electrons. The van der Waals surface area contributed by atoms with Crippen LogP contribution in [0.15, 0.2) is 52.9 Å². The second-order valence-electron chi connectivity index (χ2n) is 8.66. The van der Waals surface area contributed by atoms with E-state index in [9.17, 15) is 22.8 Å². The first-order chi connectivity index (χ1) is 17.5. The van der Waals surface area contributed by atoms with Gasteiger partial charge in [0, 0.05) is 18.8 Å². The van der Waals surface area contributed by atoms with Gasteiger partial charge in [-0.25, -0.2) is 27.8 Å². The highest BCUT2D eigenvalue weighted by atomic mass is 19.3. The summed E-state index contributed by atoms with van der Waals surface area (Å²) < 4.78 is 53.2. The van der Waals surface area contributed by atoms with Gasteiger partial charge in [-0.3, -0.25) is 4.90 Å². The van der Waals surface area contributed by atoms with E-state index in [2.05, 4.69) is 20.5 Å². The number of aromatic nitrogens is 3. The number of rotatable bonds is 8. The molecule has 2 N–H and O–H groups in total. The number of carboxylic acids is 1. The molecule has 2 aliphatic heterocycles. The number of hydrogen-bond donors (Lipinski definition) is 2. The van der Waals surface area contributed by atoms with E-state index in [1.54, 1.807) is 13.8 Å². The second-order valence-corrected chi connectivity index (χ2v) is 8.66. The Morgan fingerprint density at radius 2 is 1.89 bits per heavy atom. The van der Waals surface area contributed by atoms with Crippen molar-refractivity contribution in [3.05, 3.63) is 59.3 Å². The number of nitrogens with one attached hydrogen (secondary N) is 1. The molecule has 0 amide bonds. The van der Waals surface area contributed by atoms with E-state index >= 15 is 0 Å². The number of likely N-dealkylation sites (tertiary alicyclic amines) is 1. The summed E-state index contributed by atoms with van der Waals surface area (Å²) in [4.78, 5) is 31.2. The predicted molar refractivity (Wildman–Crippen MR) is 122 cm³/mol. The number of hydrogen-bond acceptors (Lipinski definition) is 9. The molecule has 198 valence electrons. The van der Waals surface area contributed by atoms with Crippen LogP contribution >= 0.6 is 0 Å². The standard InChI is InChI=1S/C23H25F3N6O5/c1-3-36-20(35)19-16(10-31-11-17(23(25,26)13-31)37-12-18(33)34)29-21(32-27-8-9-28-32)30-22(19,2)14-4-6-15(24)7-5-14/h4-9,17H,3,10-13H2,1-2H3,(H,29,30)(H,33,34)/t17?,22-/m1/s1. The minimum Gasteiger partial charge on any atom is -0.480 e. The summed E-state index contributed by atoms with van der Waals surface area (Å²) in [7, 11) is 0. The number of esters is 1. The van der Waals surface area contributed by atoms with E-state index in [1.165, 1.54) is 46.4 Å². The Morgan fingerprint density at radius 1 is 1.22 bits per heavy atom. The summed E-state index contributed by atoms with van der Waals surface area (Å²) in [6.07, 6.45) is 1.17. The lowest BCUT2D eigenvalue weighted by Gasteiger charge is -2.35. The maximum atomic E-state index is 14.6. The predicted octanol–water partition coefficient (Wildman–Crippen LogP) is 1.38. The number of halogens is 3. The van der Waals surface area contributed by atoms with Crippen LogP contribution in [0.4, 0.5) is 13.2 Å². The Bertz CT molecular complexity index is 1220. The lowest BCUT2D eigenvalue weighted by atomic mass is 9.82. The Kier molecular flexibility index (Phi) is 7.32. The zero-order chi connectivity index (χ0) is 26.8. The van der Waals surface area contributed by atoms with Crippen LogP contribution in [0.1, 0.15) is 19.4 Å². The Hall–Kier alpha value is -3.78. The van der Waals surface area contributed by atoms with Crippen molar-refractivity contribution in [2.45, 2.75) is 31.4 Å². The third-order valence-electron chi connectivity index (χ3n) is 5.99. The number of ether oxygens (including phenoxy) is 2. The molecule has 4 rings (SSSR count). The highest BCUT2D eigenvalue weighted by Gasteiger charge is 2.50. The number of carboxylic acid groups (broad SMARTS) is 1. The van der Waals surface area contributed by atoms with Crippen molar-refractivity contribution in [2.24, 2.45) is 4.99 Å². The molecule has 37 heavy (non-hydrogen) atoms. The number of aliphatic carboxylic acids is 1. The average Bonchev–Trinajstić information content (AvgIpc) is 3.45. The van der Waals surface area contributed by atoms with Crippen molar-refractivity contribution < 1.29 is 37.3 Å². The molecular weight excluding hydrogens is 497 g/mol. The number of carbonyl (C=O) groups excluding carboxylic acids is 1. The number of carbonyl (C=O) groups is 2. The molecule has 1 unspecified atom stereocenters. The van der Waals surface area contributed by atoms with Crippen molar-refractivity contribution in [3.63, 3.8) is 0 Å². The highest BCUT2D eigenvalue weighted by Crippen LogP contribution is 2.39. The van der Waals surface area contributed by atoms with Crippen LogP contribution in [-0.4, -0.2) is 87.8 Å². The van der Waals surface area contributed by atoms with Gasteiger partial charge >= 0.3 is 11.9 Å². The first-order valence-corrected chi connectivity index (χ1v) is 11.4. The van der Waals surface area contributed by atoms with E-state index in [-0.39, 0.29) is 36.9 Å². The third-order valence-corrected chi connectivity index (χ3v) is 5.99. The first kappa shape index (κ1) is 26.3. The summed E-state index contributed by atoms with van der Waals surface area (Å²) in [5.41, 5.74) is -0.752. The van der Waals surface area contributed by atoms with Gasteiger partial charge in [0.05, 0.1) is 31.1 Å². The number of alkyl halides is 2. The molecule has 0 aliphatic carbocycles. The molecule has 1 aromatic heterocycles. The maximum absolute atomic E-state index is 14.6. The monoisotopic (exact) mass is 522 g/mol. The van der Waals surface area contributed by atoms with Crippen molar-refractivity contribution in [3.8, 4) is 0 Å². The summed E-state index contributed by atoms with van der Waals surface area (Å²) in [5, 5.41) is 19.9. The van der Waals surface area contributed by atoms with Gasteiger partial charge in [0.2, 0.25) is 5.96 Å². The maximum Gasteiger partial charge on any atom is 0.338 e. The van der Waals surface area contributed by atoms with Crippen LogP contribution in [0.5, 0.6) is 0 Å². The van der Waals surface area contributed by atoms with Crippen molar-refractivity contribution in [2.75, 3.05) is 32.8 Å². The quantitative estimate of drug-likeness (QED) is 0.494. The minimum absolute atomic E-state index is 0.0371. The van der Waals surface area contributed by atoms with Gasteiger partial charge in [-0.2, -0.15) is 10.2 Å². The molecular formula is C23H25F3N6O5. The molecule has 14 heteroatoms. The largest absolute Gasteiger partial charge is 0.480 e. The first-order valence-electron chi connectivity index (χ1n) is 11.4. The van der Waals surface area contributed by atoms with E-state index in [0.29, 0.717) is 5.56 Å². The normalized spacial score (nSPS) is 23.5. The topological polar surface area (TPSA) is 131 Å². The molecule has 0 spiro atoms. The van der Waals surface area contributed by atoms with Crippen LogP contribution in [-0.2, 0) is 24.6 Å². The molecule has 0 saturated carbocycles. The highest BCUT2D eigenvalue weighted by molar-refractivity contribution is 5.97. The van der Waals surface area contributed by atoms with Crippen LogP contribution in [0, 0.1) is 5.82 Å². The molecule has 2 aromatic rings. The van der Waals surface area contributed by atoms with Gasteiger partial charge in [-0.1, -0.05) is 12.1 Å². The van der Waals surface area contributed by atoms with E-state index in [1.807, 2.05) is 0 Å². The fourth-order valence-electron chi connectivity index (χ4n) is 4.36. The van der Waals surface area contributed by atoms with Gasteiger partial charge < -0.3 is 19.9 Å². The van der Waals surface area contributed by atoms with E-state index in [0.717, 1.165) is 0 Å². The van der Waals surface area contributed by atoms with Crippen LogP contribution in [0.25, 0.3) is 0 Å². The van der Waals surface area contributed by atoms with Crippen molar-refractivity contribution in [1.82, 2.24) is 25.2 Å². The van der Waals surface area contributed by atoms with Gasteiger partial charge in [-0.05, 0) is 31.5 Å². The zero-order valence-electron chi connectivity index (χ0n) is 20.0. The van der Waals surface area contributed by atoms with Crippen LogP contribution < -0.4 is 5.32 Å². The Balaban J connectivity index is 1.76. The molecule has 1 fully saturated rings. The number of aliphatic imine (C=N–C) groups is 1. The SMILES string of the molecule is CCOC(=O)C1=C(CN2CC(OCC(=O)O)C(F)(F)C2)NC(n2nccn2)=N[C@]1(C)c1ccc(F)cc1. The second kappa shape index (κ2) is 10.3. The fourth-order valence-corrected chi connectivity index (χ4v) is 4.36. The van der Waals surface area contributed by atoms with Crippen molar-refractivity contribution >= 4 is 17.9 Å². The van der Waals surface area contributed by atoms with Crippen LogP contribution in [0.2, 0.25) is 0 Å². The Morgan fingerprint density at radius 3 is 2.51 bits per heavy atom. The summed E-state index contributed by atoms with van der Waals surface area (Å²) in [6.45, 7) is 1.20. The fraction of sp³-hybridized carbons (Fsp3) is 0.435. The summed E-state index contributed by atoms with van der Waals surface area (Å²) >= 11 is 0. The Labute approximate surface area is 209 Å². The molecule has 11 nitrogen and oxygen atoms in total. The molecule has 1 aromatic carbocycles. The van der Waals surface area contributed by atoms with Gasteiger partial charge in [0.25, 0.3) is 5.92 Å². The lowest BCUT2D eigenvalue weighted by molar-refractivity contribution is -0.152. The smallest absolute Gasteiger partial charge is 0.338 e. The lowest BCUT2D eigenvalue weighted by Crippen LogP contribution is -2.47. The van der Waals surface area contributed by atoms with Crippen molar-refractivity contribution in [1.29, 1.82) is 0 Å². The third kappa shape index (κ3) is 5.49. The number of benzene rings is 1.